The molecule has 2 N–H and O–H groups in total. The maximum atomic E-state index is 14.1. The van der Waals surface area contributed by atoms with E-state index in [4.69, 9.17) is 0 Å². The van der Waals surface area contributed by atoms with Crippen molar-refractivity contribution in [2.75, 3.05) is 18.0 Å². The standard InChI is InChI=1S/C20H21FN4O/c21-16-6-2-3-7-18(16)24-11-14-9-13(24)12-25(14)20-10-17(22-23-20)15-5-1-4-8-19(15)26/h1-8,13-14,20,23,26H,9-12H2/t13-,14-,20?/m1/s1. The minimum absolute atomic E-state index is 0.141. The van der Waals surface area contributed by atoms with Gasteiger partial charge in [-0.15, -0.1) is 0 Å². The number of piperazine rings is 1. The smallest absolute Gasteiger partial charge is 0.146 e. The van der Waals surface area contributed by atoms with Gasteiger partial charge >= 0.3 is 0 Å². The second kappa shape index (κ2) is 5.99. The lowest BCUT2D eigenvalue weighted by molar-refractivity contribution is 0.153. The molecule has 3 aliphatic rings. The second-order valence-electron chi connectivity index (χ2n) is 7.27. The van der Waals surface area contributed by atoms with Crippen LogP contribution in [0.4, 0.5) is 10.1 Å². The highest BCUT2D eigenvalue weighted by molar-refractivity contribution is 6.03. The Morgan fingerprint density at radius 2 is 1.85 bits per heavy atom. The number of anilines is 1. The molecule has 0 radical (unpaired) electrons. The van der Waals surface area contributed by atoms with E-state index in [-0.39, 0.29) is 17.7 Å². The summed E-state index contributed by atoms with van der Waals surface area (Å²) in [6.07, 6.45) is 1.96. The predicted molar refractivity (Wildman–Crippen MR) is 98.8 cm³/mol. The summed E-state index contributed by atoms with van der Waals surface area (Å²) in [5.41, 5.74) is 5.63. The molecule has 2 fully saturated rings. The van der Waals surface area contributed by atoms with Crippen molar-refractivity contribution in [2.45, 2.75) is 31.1 Å². The summed E-state index contributed by atoms with van der Waals surface area (Å²) in [6.45, 7) is 1.75. The van der Waals surface area contributed by atoms with Crippen LogP contribution in [-0.2, 0) is 0 Å². The van der Waals surface area contributed by atoms with Gasteiger partial charge in [0.2, 0.25) is 0 Å². The molecule has 0 aromatic heterocycles. The number of hydrazone groups is 1. The van der Waals surface area contributed by atoms with E-state index in [1.807, 2.05) is 30.3 Å². The molecule has 3 heterocycles. The zero-order valence-electron chi connectivity index (χ0n) is 14.3. The Hall–Kier alpha value is -2.60. The fourth-order valence-electron chi connectivity index (χ4n) is 4.57. The lowest BCUT2D eigenvalue weighted by Gasteiger charge is -2.38. The number of nitrogens with zero attached hydrogens (tertiary/aromatic N) is 3. The van der Waals surface area contributed by atoms with Gasteiger partial charge in [-0.25, -0.2) is 4.39 Å². The van der Waals surface area contributed by atoms with E-state index in [1.54, 1.807) is 12.1 Å². The number of phenols is 1. The number of phenolic OH excluding ortho intramolecular Hbond substituents is 1. The van der Waals surface area contributed by atoms with E-state index in [9.17, 15) is 9.50 Å². The number of para-hydroxylation sites is 2. The van der Waals surface area contributed by atoms with E-state index in [1.165, 1.54) is 6.07 Å². The fraction of sp³-hybridized carbons (Fsp3) is 0.350. The Labute approximate surface area is 151 Å². The number of fused-ring (bicyclic) bond motifs is 2. The van der Waals surface area contributed by atoms with Gasteiger partial charge < -0.3 is 10.0 Å². The van der Waals surface area contributed by atoms with Gasteiger partial charge in [-0.2, -0.15) is 5.10 Å². The molecule has 0 spiro atoms. The van der Waals surface area contributed by atoms with Crippen LogP contribution in [0.1, 0.15) is 18.4 Å². The molecule has 6 heteroatoms. The van der Waals surface area contributed by atoms with Crippen molar-refractivity contribution in [3.63, 3.8) is 0 Å². The van der Waals surface area contributed by atoms with Gasteiger partial charge in [-0.05, 0) is 30.7 Å². The quantitative estimate of drug-likeness (QED) is 0.891. The van der Waals surface area contributed by atoms with Crippen LogP contribution in [-0.4, -0.2) is 47.1 Å². The Bertz CT molecular complexity index is 870. The first-order valence-electron chi connectivity index (χ1n) is 9.08. The van der Waals surface area contributed by atoms with E-state index in [2.05, 4.69) is 20.3 Å². The molecule has 5 nitrogen and oxygen atoms in total. The number of likely N-dealkylation sites (tertiary alicyclic amines) is 1. The summed E-state index contributed by atoms with van der Waals surface area (Å²) >= 11 is 0. The number of aromatic hydroxyl groups is 1. The maximum Gasteiger partial charge on any atom is 0.146 e. The lowest BCUT2D eigenvalue weighted by Crippen LogP contribution is -2.53. The predicted octanol–water partition coefficient (Wildman–Crippen LogP) is 2.52. The van der Waals surface area contributed by atoms with Gasteiger partial charge in [0.05, 0.1) is 11.4 Å². The highest BCUT2D eigenvalue weighted by atomic mass is 19.1. The summed E-state index contributed by atoms with van der Waals surface area (Å²) in [7, 11) is 0. The van der Waals surface area contributed by atoms with Crippen LogP contribution < -0.4 is 10.3 Å². The molecule has 0 saturated carbocycles. The van der Waals surface area contributed by atoms with Crippen molar-refractivity contribution in [1.82, 2.24) is 10.3 Å². The summed E-state index contributed by atoms with van der Waals surface area (Å²) < 4.78 is 14.1. The number of rotatable bonds is 3. The van der Waals surface area contributed by atoms with Gasteiger partial charge in [0.1, 0.15) is 17.7 Å². The average molecular weight is 352 g/mol. The van der Waals surface area contributed by atoms with Crippen molar-refractivity contribution in [2.24, 2.45) is 5.10 Å². The topological polar surface area (TPSA) is 51.1 Å². The Kier molecular flexibility index (Phi) is 3.60. The summed E-state index contributed by atoms with van der Waals surface area (Å²) in [4.78, 5) is 4.65. The Balaban J connectivity index is 1.28. The van der Waals surface area contributed by atoms with Crippen LogP contribution in [0, 0.1) is 5.82 Å². The molecule has 2 aromatic rings. The summed E-state index contributed by atoms with van der Waals surface area (Å²) in [5.74, 6) is 0.123. The van der Waals surface area contributed by atoms with Gasteiger partial charge in [0.15, 0.2) is 0 Å². The average Bonchev–Trinajstić information content (AvgIpc) is 3.37. The van der Waals surface area contributed by atoms with Crippen molar-refractivity contribution in [3.05, 3.63) is 59.9 Å². The number of hydrogen-bond donors (Lipinski definition) is 2. The molecule has 2 bridgehead atoms. The monoisotopic (exact) mass is 352 g/mol. The van der Waals surface area contributed by atoms with Gasteiger partial charge in [-0.3, -0.25) is 10.3 Å². The number of nitrogens with one attached hydrogen (secondary N) is 1. The molecule has 0 aliphatic carbocycles. The molecule has 3 aliphatic heterocycles. The third-order valence-electron chi connectivity index (χ3n) is 5.80. The van der Waals surface area contributed by atoms with Gasteiger partial charge in [0, 0.05) is 37.2 Å². The maximum absolute atomic E-state index is 14.1. The number of benzene rings is 2. The normalized spacial score (nSPS) is 27.7. The number of hydrogen-bond acceptors (Lipinski definition) is 5. The summed E-state index contributed by atoms with van der Waals surface area (Å²) in [6, 6.07) is 15.1. The minimum Gasteiger partial charge on any atom is -0.507 e. The highest BCUT2D eigenvalue weighted by Crippen LogP contribution is 2.37. The van der Waals surface area contributed by atoms with Crippen LogP contribution in [0.2, 0.25) is 0 Å². The van der Waals surface area contributed by atoms with Crippen molar-refractivity contribution in [3.8, 4) is 5.75 Å². The molecule has 2 saturated heterocycles. The summed E-state index contributed by atoms with van der Waals surface area (Å²) in [5, 5.41) is 14.5. The zero-order valence-corrected chi connectivity index (χ0v) is 14.3. The fourth-order valence-corrected chi connectivity index (χ4v) is 4.57. The van der Waals surface area contributed by atoms with E-state index < -0.39 is 0 Å². The molecular formula is C20H21FN4O. The number of halogens is 1. The second-order valence-corrected chi connectivity index (χ2v) is 7.27. The van der Waals surface area contributed by atoms with Gasteiger partial charge in [0.25, 0.3) is 0 Å². The van der Waals surface area contributed by atoms with Crippen molar-refractivity contribution >= 4 is 11.4 Å². The largest absolute Gasteiger partial charge is 0.507 e. The third-order valence-corrected chi connectivity index (χ3v) is 5.80. The molecule has 134 valence electrons. The van der Waals surface area contributed by atoms with Crippen molar-refractivity contribution < 1.29 is 9.50 Å². The Morgan fingerprint density at radius 1 is 1.04 bits per heavy atom. The molecule has 2 aromatic carbocycles. The van der Waals surface area contributed by atoms with E-state index in [0.717, 1.165) is 37.2 Å². The first-order chi connectivity index (χ1) is 12.7. The zero-order chi connectivity index (χ0) is 17.7. The minimum atomic E-state index is -0.143. The first kappa shape index (κ1) is 15.6. The van der Waals surface area contributed by atoms with Crippen LogP contribution in [0.3, 0.4) is 0 Å². The third kappa shape index (κ3) is 2.44. The molecule has 1 unspecified atom stereocenters. The lowest BCUT2D eigenvalue weighted by atomic mass is 10.1. The molecule has 0 amide bonds. The van der Waals surface area contributed by atoms with Crippen LogP contribution >= 0.6 is 0 Å². The Morgan fingerprint density at radius 3 is 2.62 bits per heavy atom. The van der Waals surface area contributed by atoms with Gasteiger partial charge in [-0.1, -0.05) is 24.3 Å². The molecular weight excluding hydrogens is 331 g/mol. The van der Waals surface area contributed by atoms with E-state index >= 15 is 0 Å². The van der Waals surface area contributed by atoms with Crippen LogP contribution in [0.15, 0.2) is 53.6 Å². The van der Waals surface area contributed by atoms with Crippen LogP contribution in [0.25, 0.3) is 0 Å². The first-order valence-corrected chi connectivity index (χ1v) is 9.08. The molecule has 26 heavy (non-hydrogen) atoms. The highest BCUT2D eigenvalue weighted by Gasteiger charge is 2.47. The molecule has 3 atom stereocenters. The van der Waals surface area contributed by atoms with Crippen molar-refractivity contribution in [1.29, 1.82) is 0 Å². The SMILES string of the molecule is Oc1ccccc1C1=NNC(N2C[C@H]3C[C@@H]2CN3c2ccccc2F)C1. The van der Waals surface area contributed by atoms with E-state index in [0.29, 0.717) is 17.8 Å². The molecule has 5 rings (SSSR count). The van der Waals surface area contributed by atoms with Crippen LogP contribution in [0.5, 0.6) is 5.75 Å².